The normalized spacial score (nSPS) is 9.94. The minimum Gasteiger partial charge on any atom is -0.0812 e. The number of diazo groups is 1. The van der Waals surface area contributed by atoms with Crippen molar-refractivity contribution in [1.29, 1.82) is 5.39 Å². The van der Waals surface area contributed by atoms with Gasteiger partial charge in [0.15, 0.2) is 4.98 Å². The van der Waals surface area contributed by atoms with E-state index in [1.54, 1.807) is 11.8 Å². The molecule has 0 atom stereocenters. The van der Waals surface area contributed by atoms with Gasteiger partial charge in [0.25, 0.3) is 0 Å². The molecular formula is C14H13N2S+. The minimum absolute atomic E-state index is 0.623. The van der Waals surface area contributed by atoms with E-state index in [1.807, 2.05) is 37.3 Å². The zero-order chi connectivity index (χ0) is 12.3. The molecule has 0 bridgehead atoms. The van der Waals surface area contributed by atoms with Gasteiger partial charge in [-0.2, -0.15) is 0 Å². The molecule has 0 saturated heterocycles. The number of nitrogens with zero attached hydrogens (tertiary/aromatic N) is 2. The molecule has 0 aliphatic carbocycles. The van der Waals surface area contributed by atoms with Crippen LogP contribution in [0.4, 0.5) is 5.69 Å². The van der Waals surface area contributed by atoms with E-state index in [0.29, 0.717) is 5.69 Å². The van der Waals surface area contributed by atoms with Crippen LogP contribution in [0.2, 0.25) is 0 Å². The first kappa shape index (κ1) is 11.7. The summed E-state index contributed by atoms with van der Waals surface area (Å²) in [6.45, 7) is 4.10. The highest BCUT2D eigenvalue weighted by atomic mass is 32.2. The second kappa shape index (κ2) is 5.03. The SMILES string of the molecule is Cc1ccccc1Sc1c(C)cccc1[N+]#N. The zero-order valence-electron chi connectivity index (χ0n) is 9.84. The first-order valence-corrected chi connectivity index (χ1v) is 6.22. The van der Waals surface area contributed by atoms with E-state index >= 15 is 0 Å². The van der Waals surface area contributed by atoms with Crippen molar-refractivity contribution in [3.8, 4) is 0 Å². The Morgan fingerprint density at radius 3 is 2.35 bits per heavy atom. The molecule has 84 valence electrons. The van der Waals surface area contributed by atoms with Crippen LogP contribution in [0.3, 0.4) is 0 Å². The molecule has 2 rings (SSSR count). The molecule has 0 amide bonds. The van der Waals surface area contributed by atoms with Crippen molar-refractivity contribution in [2.24, 2.45) is 0 Å². The molecule has 3 heteroatoms. The zero-order valence-corrected chi connectivity index (χ0v) is 10.7. The fraction of sp³-hybridized carbons (Fsp3) is 0.143. The molecule has 0 radical (unpaired) electrons. The van der Waals surface area contributed by atoms with E-state index in [1.165, 1.54) is 10.5 Å². The van der Waals surface area contributed by atoms with E-state index in [-0.39, 0.29) is 0 Å². The fourth-order valence-electron chi connectivity index (χ4n) is 1.63. The first-order chi connectivity index (χ1) is 8.22. The van der Waals surface area contributed by atoms with E-state index in [4.69, 9.17) is 5.39 Å². The van der Waals surface area contributed by atoms with Crippen LogP contribution in [0.1, 0.15) is 11.1 Å². The molecule has 0 N–H and O–H groups in total. The average Bonchev–Trinajstić information content (AvgIpc) is 2.34. The number of rotatable bonds is 2. The molecule has 2 aromatic carbocycles. The number of hydrogen-bond acceptors (Lipinski definition) is 2. The van der Waals surface area contributed by atoms with Crippen molar-refractivity contribution in [3.05, 3.63) is 58.6 Å². The van der Waals surface area contributed by atoms with Gasteiger partial charge in [-0.15, -0.1) is 0 Å². The molecule has 0 saturated carbocycles. The van der Waals surface area contributed by atoms with Gasteiger partial charge in [-0.25, -0.2) is 0 Å². The van der Waals surface area contributed by atoms with Crippen LogP contribution in [0.15, 0.2) is 52.3 Å². The summed E-state index contributed by atoms with van der Waals surface area (Å²) < 4.78 is 0. The van der Waals surface area contributed by atoms with Crippen molar-refractivity contribution in [3.63, 3.8) is 0 Å². The fourth-order valence-corrected chi connectivity index (χ4v) is 2.67. The van der Waals surface area contributed by atoms with Crippen LogP contribution in [-0.2, 0) is 0 Å². The van der Waals surface area contributed by atoms with E-state index < -0.39 is 0 Å². The molecule has 0 aliphatic rings. The molecule has 0 fully saturated rings. The van der Waals surface area contributed by atoms with Gasteiger partial charge in [0, 0.05) is 11.0 Å². The van der Waals surface area contributed by atoms with Gasteiger partial charge in [0.1, 0.15) is 4.90 Å². The van der Waals surface area contributed by atoms with Crippen LogP contribution in [0.25, 0.3) is 4.98 Å². The Balaban J connectivity index is 2.44. The highest BCUT2D eigenvalue weighted by Gasteiger charge is 2.17. The van der Waals surface area contributed by atoms with Gasteiger partial charge in [-0.1, -0.05) is 42.1 Å². The lowest BCUT2D eigenvalue weighted by Crippen LogP contribution is -1.82. The van der Waals surface area contributed by atoms with E-state index in [0.717, 1.165) is 10.5 Å². The summed E-state index contributed by atoms with van der Waals surface area (Å²) in [5, 5.41) is 9.00. The Labute approximate surface area is 105 Å². The predicted octanol–water partition coefficient (Wildman–Crippen LogP) is 4.94. The molecule has 0 spiro atoms. The summed E-state index contributed by atoms with van der Waals surface area (Å²) in [7, 11) is 0. The summed E-state index contributed by atoms with van der Waals surface area (Å²) in [6, 6.07) is 13.9. The van der Waals surface area contributed by atoms with Gasteiger partial charge >= 0.3 is 5.69 Å². The highest BCUT2D eigenvalue weighted by Crippen LogP contribution is 2.38. The average molecular weight is 241 g/mol. The lowest BCUT2D eigenvalue weighted by molar-refractivity contribution is 1.26. The van der Waals surface area contributed by atoms with Crippen molar-refractivity contribution in [2.45, 2.75) is 23.6 Å². The minimum atomic E-state index is 0.623. The maximum Gasteiger partial charge on any atom is 0.399 e. The first-order valence-electron chi connectivity index (χ1n) is 5.40. The monoisotopic (exact) mass is 241 g/mol. The van der Waals surface area contributed by atoms with Crippen LogP contribution >= 0.6 is 11.8 Å². The van der Waals surface area contributed by atoms with E-state index in [2.05, 4.69) is 24.0 Å². The Bertz CT molecular complexity index is 585. The standard InChI is InChI=1S/C14H13N2S/c1-10-6-3-4-9-13(10)17-14-11(2)7-5-8-12(14)16-15/h3-9H,1-2H3/q+1. The summed E-state index contributed by atoms with van der Waals surface area (Å²) in [5.41, 5.74) is 2.97. The molecule has 0 unspecified atom stereocenters. The maximum absolute atomic E-state index is 9.00. The number of aryl methyl sites for hydroxylation is 2. The lowest BCUT2D eigenvalue weighted by atomic mass is 10.2. The van der Waals surface area contributed by atoms with Crippen molar-refractivity contribution >= 4 is 17.4 Å². The van der Waals surface area contributed by atoms with Crippen LogP contribution in [-0.4, -0.2) is 0 Å². The highest BCUT2D eigenvalue weighted by molar-refractivity contribution is 7.99. The van der Waals surface area contributed by atoms with Crippen LogP contribution < -0.4 is 0 Å². The lowest BCUT2D eigenvalue weighted by Gasteiger charge is -2.05. The van der Waals surface area contributed by atoms with Gasteiger partial charge in [-0.3, -0.25) is 0 Å². The molecule has 0 aromatic heterocycles. The third kappa shape index (κ3) is 2.48. The molecular weight excluding hydrogens is 228 g/mol. The summed E-state index contributed by atoms with van der Waals surface area (Å²) in [4.78, 5) is 5.53. The number of benzene rings is 2. The topological polar surface area (TPSA) is 28.1 Å². The molecule has 0 aliphatic heterocycles. The summed E-state index contributed by atoms with van der Waals surface area (Å²) in [6.07, 6.45) is 0. The Morgan fingerprint density at radius 2 is 1.65 bits per heavy atom. The van der Waals surface area contributed by atoms with Crippen LogP contribution in [0.5, 0.6) is 0 Å². The van der Waals surface area contributed by atoms with Gasteiger partial charge in [0.2, 0.25) is 5.39 Å². The summed E-state index contributed by atoms with van der Waals surface area (Å²) >= 11 is 1.64. The smallest absolute Gasteiger partial charge is 0.0812 e. The largest absolute Gasteiger partial charge is 0.399 e. The molecule has 17 heavy (non-hydrogen) atoms. The van der Waals surface area contributed by atoms with Crippen molar-refractivity contribution in [1.82, 2.24) is 0 Å². The Hall–Kier alpha value is -1.79. The Kier molecular flexibility index (Phi) is 3.46. The van der Waals surface area contributed by atoms with Crippen molar-refractivity contribution < 1.29 is 0 Å². The van der Waals surface area contributed by atoms with E-state index in [9.17, 15) is 0 Å². The van der Waals surface area contributed by atoms with Gasteiger partial charge in [-0.05, 0) is 31.0 Å². The second-order valence-electron chi connectivity index (χ2n) is 3.89. The summed E-state index contributed by atoms with van der Waals surface area (Å²) in [5.74, 6) is 0. The second-order valence-corrected chi connectivity index (χ2v) is 4.94. The third-order valence-electron chi connectivity index (χ3n) is 2.60. The van der Waals surface area contributed by atoms with Crippen molar-refractivity contribution in [2.75, 3.05) is 0 Å². The molecule has 2 nitrogen and oxygen atoms in total. The van der Waals surface area contributed by atoms with Gasteiger partial charge < -0.3 is 0 Å². The Morgan fingerprint density at radius 1 is 0.941 bits per heavy atom. The maximum atomic E-state index is 9.00. The molecule has 0 heterocycles. The van der Waals surface area contributed by atoms with Gasteiger partial charge in [0.05, 0.1) is 0 Å². The quantitative estimate of drug-likeness (QED) is 0.697. The molecule has 2 aromatic rings. The third-order valence-corrected chi connectivity index (χ3v) is 4.02. The van der Waals surface area contributed by atoms with Crippen LogP contribution in [0, 0.1) is 19.2 Å². The predicted molar refractivity (Wildman–Crippen MR) is 71.2 cm³/mol. The number of hydrogen-bond donors (Lipinski definition) is 0.